The van der Waals surface area contributed by atoms with Crippen LogP contribution in [0.15, 0.2) is 23.1 Å². The normalized spacial score (nSPS) is 13.0. The van der Waals surface area contributed by atoms with Gasteiger partial charge in [-0.05, 0) is 31.5 Å². The molecule has 0 saturated carbocycles. The molecule has 6 nitrogen and oxygen atoms in total. The predicted octanol–water partition coefficient (Wildman–Crippen LogP) is 1.14. The number of hydrogen-bond donors (Lipinski definition) is 2. The highest BCUT2D eigenvalue weighted by atomic mass is 35.5. The Balaban J connectivity index is 3.10. The van der Waals surface area contributed by atoms with Crippen LogP contribution in [-0.4, -0.2) is 34.1 Å². The van der Waals surface area contributed by atoms with Gasteiger partial charge in [0.15, 0.2) is 0 Å². The largest absolute Gasteiger partial charge is 0.465 e. The molecule has 20 heavy (non-hydrogen) atoms. The summed E-state index contributed by atoms with van der Waals surface area (Å²) in [6, 6.07) is 3.82. The molecule has 0 bridgehead atoms. The molecule has 0 saturated heterocycles. The molecule has 0 spiro atoms. The molecule has 1 atom stereocenters. The number of ether oxygens (including phenoxy) is 1. The van der Waals surface area contributed by atoms with Crippen molar-refractivity contribution in [1.29, 1.82) is 0 Å². The summed E-state index contributed by atoms with van der Waals surface area (Å²) in [6.07, 6.45) is 0.480. The lowest BCUT2D eigenvalue weighted by molar-refractivity contribution is 0.0596. The Morgan fingerprint density at radius 2 is 2.15 bits per heavy atom. The molecular formula is C12H17ClN2O4S. The van der Waals surface area contributed by atoms with E-state index in [0.29, 0.717) is 6.42 Å². The number of sulfonamides is 1. The minimum atomic E-state index is -3.86. The average molecular weight is 321 g/mol. The van der Waals surface area contributed by atoms with E-state index in [1.54, 1.807) is 6.92 Å². The Morgan fingerprint density at radius 1 is 1.50 bits per heavy atom. The van der Waals surface area contributed by atoms with Gasteiger partial charge in [0, 0.05) is 17.6 Å². The van der Waals surface area contributed by atoms with E-state index in [4.69, 9.17) is 17.3 Å². The zero-order chi connectivity index (χ0) is 15.3. The third kappa shape index (κ3) is 4.45. The molecule has 0 aliphatic rings. The highest BCUT2D eigenvalue weighted by Crippen LogP contribution is 2.21. The smallest absolute Gasteiger partial charge is 0.339 e. The Bertz CT molecular complexity index is 587. The Labute approximate surface area is 123 Å². The van der Waals surface area contributed by atoms with Crippen LogP contribution < -0.4 is 10.5 Å². The van der Waals surface area contributed by atoms with Crippen LogP contribution in [0.2, 0.25) is 5.02 Å². The van der Waals surface area contributed by atoms with E-state index in [0.717, 1.165) is 0 Å². The number of carbonyl (C=O) groups excluding carboxylic acids is 1. The SMILES string of the molecule is COC(=O)c1ccc(Cl)cc1S(=O)(=O)NCCC(C)N. The molecule has 3 N–H and O–H groups in total. The Morgan fingerprint density at radius 3 is 2.70 bits per heavy atom. The fourth-order valence-electron chi connectivity index (χ4n) is 1.50. The number of methoxy groups -OCH3 is 1. The fourth-order valence-corrected chi connectivity index (χ4v) is 3.00. The van der Waals surface area contributed by atoms with Crippen LogP contribution in [-0.2, 0) is 14.8 Å². The van der Waals surface area contributed by atoms with Crippen molar-refractivity contribution in [3.05, 3.63) is 28.8 Å². The molecule has 1 rings (SSSR count). The van der Waals surface area contributed by atoms with Crippen molar-refractivity contribution in [3.8, 4) is 0 Å². The predicted molar refractivity (Wildman–Crippen MR) is 76.2 cm³/mol. The van der Waals surface area contributed by atoms with E-state index < -0.39 is 16.0 Å². The van der Waals surface area contributed by atoms with Crippen LogP contribution in [0.5, 0.6) is 0 Å². The van der Waals surface area contributed by atoms with Gasteiger partial charge in [-0.2, -0.15) is 0 Å². The van der Waals surface area contributed by atoms with Crippen molar-refractivity contribution >= 4 is 27.6 Å². The maximum Gasteiger partial charge on any atom is 0.339 e. The molecule has 0 aliphatic carbocycles. The molecule has 1 unspecified atom stereocenters. The topological polar surface area (TPSA) is 98.5 Å². The van der Waals surface area contributed by atoms with E-state index in [-0.39, 0.29) is 28.1 Å². The van der Waals surface area contributed by atoms with Crippen LogP contribution >= 0.6 is 11.6 Å². The number of benzene rings is 1. The molecule has 0 heterocycles. The van der Waals surface area contributed by atoms with Gasteiger partial charge in [-0.15, -0.1) is 0 Å². The standard InChI is InChI=1S/C12H17ClN2O4S/c1-8(14)5-6-15-20(17,18)11-7-9(13)3-4-10(11)12(16)19-2/h3-4,7-8,15H,5-6,14H2,1-2H3. The molecule has 1 aromatic carbocycles. The number of nitrogens with two attached hydrogens (primary N) is 1. The number of carbonyl (C=O) groups is 1. The van der Waals surface area contributed by atoms with Crippen LogP contribution in [0.1, 0.15) is 23.7 Å². The van der Waals surface area contributed by atoms with E-state index in [9.17, 15) is 13.2 Å². The molecule has 0 amide bonds. The van der Waals surface area contributed by atoms with Gasteiger partial charge >= 0.3 is 5.97 Å². The van der Waals surface area contributed by atoms with Crippen molar-refractivity contribution in [1.82, 2.24) is 4.72 Å². The maximum atomic E-state index is 12.2. The van der Waals surface area contributed by atoms with Gasteiger partial charge in [-0.3, -0.25) is 0 Å². The summed E-state index contributed by atoms with van der Waals surface area (Å²) in [6.45, 7) is 1.95. The maximum absolute atomic E-state index is 12.2. The minimum Gasteiger partial charge on any atom is -0.465 e. The Kier molecular flexibility index (Phi) is 5.94. The highest BCUT2D eigenvalue weighted by molar-refractivity contribution is 7.89. The van der Waals surface area contributed by atoms with Crippen LogP contribution in [0.3, 0.4) is 0 Å². The van der Waals surface area contributed by atoms with Crippen LogP contribution in [0.4, 0.5) is 0 Å². The average Bonchev–Trinajstić information content (AvgIpc) is 2.37. The lowest BCUT2D eigenvalue weighted by Crippen LogP contribution is -2.30. The molecule has 0 fully saturated rings. The van der Waals surface area contributed by atoms with Crippen molar-refractivity contribution in [2.24, 2.45) is 5.73 Å². The molecule has 0 aliphatic heterocycles. The molecule has 0 radical (unpaired) electrons. The summed E-state index contributed by atoms with van der Waals surface area (Å²) in [5.41, 5.74) is 5.49. The molecular weight excluding hydrogens is 304 g/mol. The number of rotatable bonds is 6. The van der Waals surface area contributed by atoms with E-state index in [1.165, 1.54) is 25.3 Å². The monoisotopic (exact) mass is 320 g/mol. The van der Waals surface area contributed by atoms with Crippen molar-refractivity contribution < 1.29 is 17.9 Å². The van der Waals surface area contributed by atoms with Crippen LogP contribution in [0.25, 0.3) is 0 Å². The summed E-state index contributed by atoms with van der Waals surface area (Å²) >= 11 is 5.79. The van der Waals surface area contributed by atoms with E-state index >= 15 is 0 Å². The van der Waals surface area contributed by atoms with Gasteiger partial charge in [-0.25, -0.2) is 17.9 Å². The molecule has 112 valence electrons. The third-order valence-electron chi connectivity index (χ3n) is 2.53. The zero-order valence-corrected chi connectivity index (χ0v) is 12.8. The fraction of sp³-hybridized carbons (Fsp3) is 0.417. The summed E-state index contributed by atoms with van der Waals surface area (Å²) in [5, 5.41) is 0.213. The van der Waals surface area contributed by atoms with Crippen molar-refractivity contribution in [2.45, 2.75) is 24.3 Å². The first kappa shape index (κ1) is 16.9. The number of hydrogen-bond acceptors (Lipinski definition) is 5. The lowest BCUT2D eigenvalue weighted by atomic mass is 10.2. The second kappa shape index (κ2) is 7.03. The molecule has 1 aromatic rings. The summed E-state index contributed by atoms with van der Waals surface area (Å²) in [7, 11) is -2.68. The van der Waals surface area contributed by atoms with Crippen molar-refractivity contribution in [2.75, 3.05) is 13.7 Å². The van der Waals surface area contributed by atoms with Gasteiger partial charge in [-0.1, -0.05) is 11.6 Å². The summed E-state index contributed by atoms with van der Waals surface area (Å²) in [4.78, 5) is 11.4. The summed E-state index contributed by atoms with van der Waals surface area (Å²) in [5.74, 6) is -0.741. The first-order chi connectivity index (χ1) is 9.27. The third-order valence-corrected chi connectivity index (χ3v) is 4.27. The zero-order valence-electron chi connectivity index (χ0n) is 11.2. The first-order valence-electron chi connectivity index (χ1n) is 5.91. The molecule has 8 heteroatoms. The minimum absolute atomic E-state index is 0.0646. The van der Waals surface area contributed by atoms with Crippen LogP contribution in [0, 0.1) is 0 Å². The lowest BCUT2D eigenvalue weighted by Gasteiger charge is -2.11. The Hall–Kier alpha value is -1.15. The van der Waals surface area contributed by atoms with Gasteiger partial charge in [0.2, 0.25) is 10.0 Å². The number of halogens is 1. The summed E-state index contributed by atoms with van der Waals surface area (Å²) < 4.78 is 31.3. The van der Waals surface area contributed by atoms with E-state index in [1.807, 2.05) is 0 Å². The van der Waals surface area contributed by atoms with Gasteiger partial charge in [0.05, 0.1) is 17.6 Å². The quantitative estimate of drug-likeness (QED) is 0.766. The van der Waals surface area contributed by atoms with Gasteiger partial charge in [0.1, 0.15) is 0 Å². The number of esters is 1. The van der Waals surface area contributed by atoms with Gasteiger partial charge in [0.25, 0.3) is 0 Å². The molecule has 0 aromatic heterocycles. The second-order valence-corrected chi connectivity index (χ2v) is 6.47. The first-order valence-corrected chi connectivity index (χ1v) is 7.77. The van der Waals surface area contributed by atoms with Crippen molar-refractivity contribution in [3.63, 3.8) is 0 Å². The number of nitrogens with one attached hydrogen (secondary N) is 1. The van der Waals surface area contributed by atoms with Gasteiger partial charge < -0.3 is 10.5 Å². The second-order valence-electron chi connectivity index (χ2n) is 4.30. The highest BCUT2D eigenvalue weighted by Gasteiger charge is 2.23. The van der Waals surface area contributed by atoms with E-state index in [2.05, 4.69) is 9.46 Å².